The molecule has 4 aliphatic carbocycles. The quantitative estimate of drug-likeness (QED) is 0.0904. The molecule has 0 unspecified atom stereocenters. The number of aliphatic hydroxyl groups excluding tert-OH is 12. The van der Waals surface area contributed by atoms with Crippen LogP contribution in [0.1, 0.15) is 114 Å². The summed E-state index contributed by atoms with van der Waals surface area (Å²) >= 11 is 0. The summed E-state index contributed by atoms with van der Waals surface area (Å²) in [5.74, 6) is -1.12. The maximum Gasteiger partial charge on any atom is 0.187 e. The number of hydrogen-bond acceptors (Lipinski definition) is 18. The van der Waals surface area contributed by atoms with E-state index in [1.54, 1.807) is 0 Å². The maximum absolute atomic E-state index is 12.7. The van der Waals surface area contributed by atoms with Gasteiger partial charge in [0.25, 0.3) is 0 Å². The summed E-state index contributed by atoms with van der Waals surface area (Å²) in [6.07, 6.45) is -18.3. The zero-order valence-electron chi connectivity index (χ0n) is 40.2. The molecule has 0 aromatic carbocycles. The van der Waals surface area contributed by atoms with Crippen LogP contribution in [-0.4, -0.2) is 191 Å². The molecule has 18 nitrogen and oxygen atoms in total. The molecule has 0 aromatic heterocycles. The Morgan fingerprint density at radius 2 is 1.27 bits per heavy atom. The highest BCUT2D eigenvalue weighted by atomic mass is 16.8. The van der Waals surface area contributed by atoms with E-state index in [0.717, 1.165) is 5.57 Å². The minimum Gasteiger partial charge on any atom is -0.394 e. The molecular formula is C48H82O18. The second-order valence-electron chi connectivity index (χ2n) is 23.0. The first-order chi connectivity index (χ1) is 30.7. The summed E-state index contributed by atoms with van der Waals surface area (Å²) in [7, 11) is 0. The highest BCUT2D eigenvalue weighted by Crippen LogP contribution is 2.76. The van der Waals surface area contributed by atoms with Crippen LogP contribution in [0.2, 0.25) is 0 Å². The van der Waals surface area contributed by atoms with Gasteiger partial charge in [-0.3, -0.25) is 0 Å². The van der Waals surface area contributed by atoms with Crippen molar-refractivity contribution in [2.45, 2.75) is 230 Å². The molecule has 26 atom stereocenters. The lowest BCUT2D eigenvalue weighted by Crippen LogP contribution is -2.71. The molecule has 12 N–H and O–H groups in total. The fraction of sp³-hybridized carbons (Fsp3) is 0.958. The van der Waals surface area contributed by atoms with Crippen LogP contribution in [0.3, 0.4) is 0 Å². The minimum atomic E-state index is -1.75. The number of allylic oxidation sites excluding steroid dienone is 2. The van der Waals surface area contributed by atoms with Gasteiger partial charge in [0, 0.05) is 0 Å². The Kier molecular flexibility index (Phi) is 15.4. The summed E-state index contributed by atoms with van der Waals surface area (Å²) in [5.41, 5.74) is -2.43. The molecule has 18 heteroatoms. The van der Waals surface area contributed by atoms with Crippen LogP contribution in [0.5, 0.6) is 0 Å². The highest BCUT2D eigenvalue weighted by molar-refractivity contribution is 5.22. The molecule has 0 radical (unpaired) electrons. The van der Waals surface area contributed by atoms with Crippen molar-refractivity contribution in [3.63, 3.8) is 0 Å². The number of aliphatic hydroxyl groups is 12. The molecule has 4 saturated carbocycles. The summed E-state index contributed by atoms with van der Waals surface area (Å²) < 4.78 is 38.1. The van der Waals surface area contributed by atoms with Gasteiger partial charge in [-0.2, -0.15) is 0 Å². The van der Waals surface area contributed by atoms with Gasteiger partial charge in [0.1, 0.15) is 67.1 Å². The average Bonchev–Trinajstić information content (AvgIpc) is 3.64. The molecule has 7 aliphatic rings. The molecule has 66 heavy (non-hydrogen) atoms. The summed E-state index contributed by atoms with van der Waals surface area (Å²) in [6.45, 7) is 16.8. The molecule has 0 aromatic rings. The molecule has 382 valence electrons. The van der Waals surface area contributed by atoms with Crippen LogP contribution in [0.4, 0.5) is 0 Å². The van der Waals surface area contributed by atoms with E-state index in [0.29, 0.717) is 51.4 Å². The van der Waals surface area contributed by atoms with E-state index in [1.807, 2.05) is 34.6 Å². The lowest BCUT2D eigenvalue weighted by Gasteiger charge is -2.72. The van der Waals surface area contributed by atoms with Crippen molar-refractivity contribution < 1.29 is 89.7 Å². The lowest BCUT2D eigenvalue weighted by molar-refractivity contribution is -0.382. The van der Waals surface area contributed by atoms with Crippen LogP contribution in [0.25, 0.3) is 0 Å². The second-order valence-corrected chi connectivity index (χ2v) is 23.0. The Morgan fingerprint density at radius 1 is 0.682 bits per heavy atom. The Morgan fingerprint density at radius 3 is 1.89 bits per heavy atom. The molecule has 7 fully saturated rings. The third-order valence-electron chi connectivity index (χ3n) is 18.7. The minimum absolute atomic E-state index is 0.0861. The zero-order chi connectivity index (χ0) is 48.8. The van der Waals surface area contributed by atoms with Crippen molar-refractivity contribution in [3.8, 4) is 0 Å². The summed E-state index contributed by atoms with van der Waals surface area (Å²) in [5, 5.41) is 132. The van der Waals surface area contributed by atoms with E-state index in [-0.39, 0.29) is 23.7 Å². The fourth-order valence-corrected chi connectivity index (χ4v) is 14.9. The fourth-order valence-electron chi connectivity index (χ4n) is 14.9. The Hall–Kier alpha value is -0.980. The van der Waals surface area contributed by atoms with Gasteiger partial charge in [-0.15, -0.1) is 0 Å². The third kappa shape index (κ3) is 8.69. The predicted molar refractivity (Wildman–Crippen MR) is 234 cm³/mol. The average molecular weight is 947 g/mol. The lowest BCUT2D eigenvalue weighted by atomic mass is 9.34. The molecule has 3 aliphatic heterocycles. The molecule has 0 spiro atoms. The van der Waals surface area contributed by atoms with Gasteiger partial charge >= 0.3 is 0 Å². The number of hydrogen-bond donors (Lipinski definition) is 12. The first-order valence-corrected chi connectivity index (χ1v) is 24.3. The Labute approximate surface area is 388 Å². The largest absolute Gasteiger partial charge is 0.394 e. The van der Waals surface area contributed by atoms with Gasteiger partial charge in [0.15, 0.2) is 18.9 Å². The van der Waals surface area contributed by atoms with Crippen LogP contribution in [0.15, 0.2) is 11.6 Å². The molecular weight excluding hydrogens is 865 g/mol. The standard InChI is InChI=1S/C48H82O18/c1-21(2)11-10-14-48(9,66-42-38(60)35(57)32(54)26(19-49)63-42)23-12-16-46(7)30(23)24(51)17-28-45(6)15-13-29(52)44(4,5)40(45)25(18-47(28,46)8)62-43-39(36(58)33(55)27(20-50)64-43)65-41-37(59)34(56)31(53)22(3)61-41/h11,22-43,49-60H,10,12-20H2,1-9H3/t22-,23+,24-,25+,26-,27-,28-,29+,30+,31-,32-,33-,34+,35+,36+,37+,38-,39-,40+,41-,42+,43+,45-,46-,47-,48+/m1/s1. The first-order valence-electron chi connectivity index (χ1n) is 24.3. The van der Waals surface area contributed by atoms with Gasteiger partial charge in [-0.1, -0.05) is 46.3 Å². The summed E-state index contributed by atoms with van der Waals surface area (Å²) in [6, 6.07) is 0. The Balaban J connectivity index is 1.27. The summed E-state index contributed by atoms with van der Waals surface area (Å²) in [4.78, 5) is 0. The highest BCUT2D eigenvalue weighted by Gasteiger charge is 2.74. The molecule has 0 bridgehead atoms. The van der Waals surface area contributed by atoms with E-state index in [9.17, 15) is 61.3 Å². The number of ether oxygens (including phenoxy) is 6. The van der Waals surface area contributed by atoms with E-state index < -0.39 is 151 Å². The van der Waals surface area contributed by atoms with Gasteiger partial charge in [0.2, 0.25) is 0 Å². The van der Waals surface area contributed by atoms with Crippen LogP contribution in [0, 0.1) is 45.3 Å². The monoisotopic (exact) mass is 947 g/mol. The van der Waals surface area contributed by atoms with Crippen molar-refractivity contribution in [1.82, 2.24) is 0 Å². The van der Waals surface area contributed by atoms with Gasteiger partial charge in [0.05, 0.1) is 43.2 Å². The topological polar surface area (TPSA) is 298 Å². The number of rotatable bonds is 12. The SMILES string of the molecule is CC(C)=CCC[C@](C)(O[C@@H]1O[C@H](CO)[C@@H](O)[C@H](O)[C@H]1O)[C@H]1CC[C@]2(C)[C@@H]1[C@H](O)C[C@@H]1[C@@]3(C)CC[C@H](O)C(C)(C)[C@@H]3[C@@H](O[C@H]3O[C@H](CO)[C@@H](O)[C@H](O)[C@H]3O[C@H]3O[C@H](C)[C@@H](O)[C@H](O)[C@@H]3O)C[C@]12C. The van der Waals surface area contributed by atoms with Gasteiger partial charge < -0.3 is 89.7 Å². The Bertz CT molecular complexity index is 1700. The van der Waals surface area contributed by atoms with Crippen molar-refractivity contribution in [1.29, 1.82) is 0 Å². The van der Waals surface area contributed by atoms with Crippen LogP contribution < -0.4 is 0 Å². The zero-order valence-corrected chi connectivity index (χ0v) is 40.2. The second kappa shape index (κ2) is 19.2. The van der Waals surface area contributed by atoms with Crippen LogP contribution >= 0.6 is 0 Å². The van der Waals surface area contributed by atoms with Crippen molar-refractivity contribution >= 4 is 0 Å². The van der Waals surface area contributed by atoms with Crippen molar-refractivity contribution in [3.05, 3.63) is 11.6 Å². The number of fused-ring (bicyclic) bond motifs is 5. The smallest absolute Gasteiger partial charge is 0.187 e. The third-order valence-corrected chi connectivity index (χ3v) is 18.7. The first kappa shape index (κ1) is 52.8. The molecule has 3 saturated heterocycles. The van der Waals surface area contributed by atoms with E-state index in [4.69, 9.17) is 28.4 Å². The van der Waals surface area contributed by atoms with Gasteiger partial charge in [-0.25, -0.2) is 0 Å². The van der Waals surface area contributed by atoms with E-state index in [1.165, 1.54) is 6.92 Å². The molecule has 0 amide bonds. The van der Waals surface area contributed by atoms with Crippen LogP contribution in [-0.2, 0) is 28.4 Å². The van der Waals surface area contributed by atoms with Crippen molar-refractivity contribution in [2.75, 3.05) is 13.2 Å². The molecule has 3 heterocycles. The van der Waals surface area contributed by atoms with E-state index in [2.05, 4.69) is 26.8 Å². The van der Waals surface area contributed by atoms with Crippen molar-refractivity contribution in [2.24, 2.45) is 45.3 Å². The normalized spacial score (nSPS) is 53.5. The molecule has 7 rings (SSSR count). The maximum atomic E-state index is 12.7. The van der Waals surface area contributed by atoms with Gasteiger partial charge in [-0.05, 0) is 124 Å². The van der Waals surface area contributed by atoms with E-state index >= 15 is 0 Å². The predicted octanol–water partition coefficient (Wildman–Crippen LogP) is -0.0284.